The standard InChI is InChI=1S/C15H25N3O/c1-2-16-11-13-10-14(19)18-15(17-13)12-8-6-4-3-5-7-9-12/h10,12,16H,2-9,11H2,1H3,(H,17,18,19). The summed E-state index contributed by atoms with van der Waals surface area (Å²) in [5, 5.41) is 3.23. The molecule has 2 N–H and O–H groups in total. The molecule has 0 spiro atoms. The molecule has 0 amide bonds. The van der Waals surface area contributed by atoms with Crippen LogP contribution in [0.3, 0.4) is 0 Å². The second kappa shape index (κ2) is 7.43. The molecule has 0 bridgehead atoms. The number of nitrogens with zero attached hydrogens (tertiary/aromatic N) is 1. The molecular weight excluding hydrogens is 238 g/mol. The fourth-order valence-corrected chi connectivity index (χ4v) is 2.80. The van der Waals surface area contributed by atoms with Gasteiger partial charge >= 0.3 is 0 Å². The molecule has 2 rings (SSSR count). The second-order valence-corrected chi connectivity index (χ2v) is 5.44. The molecule has 4 nitrogen and oxygen atoms in total. The summed E-state index contributed by atoms with van der Waals surface area (Å²) in [6, 6.07) is 1.61. The van der Waals surface area contributed by atoms with Gasteiger partial charge in [0.25, 0.3) is 5.56 Å². The molecule has 0 unspecified atom stereocenters. The summed E-state index contributed by atoms with van der Waals surface area (Å²) in [7, 11) is 0. The Labute approximate surface area is 115 Å². The first-order chi connectivity index (χ1) is 9.29. The van der Waals surface area contributed by atoms with Gasteiger partial charge in [0.1, 0.15) is 5.82 Å². The third-order valence-electron chi connectivity index (χ3n) is 3.86. The van der Waals surface area contributed by atoms with E-state index >= 15 is 0 Å². The lowest BCUT2D eigenvalue weighted by atomic mass is 9.90. The Balaban J connectivity index is 2.12. The number of aromatic nitrogens is 2. The Morgan fingerprint density at radius 2 is 1.95 bits per heavy atom. The molecule has 1 heterocycles. The normalized spacial score (nSPS) is 17.9. The smallest absolute Gasteiger partial charge is 0.251 e. The lowest BCUT2D eigenvalue weighted by Gasteiger charge is -2.19. The van der Waals surface area contributed by atoms with Crippen LogP contribution in [0.15, 0.2) is 10.9 Å². The van der Waals surface area contributed by atoms with Crippen molar-refractivity contribution in [1.82, 2.24) is 15.3 Å². The van der Waals surface area contributed by atoms with E-state index in [1.165, 1.54) is 32.1 Å². The number of H-pyrrole nitrogens is 1. The third kappa shape index (κ3) is 4.46. The number of nitrogens with one attached hydrogen (secondary N) is 2. The number of aromatic amines is 1. The summed E-state index contributed by atoms with van der Waals surface area (Å²) in [4.78, 5) is 19.3. The van der Waals surface area contributed by atoms with Crippen molar-refractivity contribution in [1.29, 1.82) is 0 Å². The molecule has 4 heteroatoms. The number of hydrogen-bond donors (Lipinski definition) is 2. The van der Waals surface area contributed by atoms with Crippen LogP contribution in [0.1, 0.15) is 69.3 Å². The largest absolute Gasteiger partial charge is 0.311 e. The van der Waals surface area contributed by atoms with Crippen LogP contribution in [-0.4, -0.2) is 16.5 Å². The van der Waals surface area contributed by atoms with Gasteiger partial charge in [-0.25, -0.2) is 4.98 Å². The Kier molecular flexibility index (Phi) is 5.58. The van der Waals surface area contributed by atoms with E-state index in [9.17, 15) is 4.79 Å². The number of rotatable bonds is 4. The minimum atomic E-state index is -0.0139. The van der Waals surface area contributed by atoms with Crippen LogP contribution in [0.4, 0.5) is 0 Å². The van der Waals surface area contributed by atoms with E-state index in [4.69, 9.17) is 0 Å². The first kappa shape index (κ1) is 14.3. The van der Waals surface area contributed by atoms with Crippen LogP contribution in [0.5, 0.6) is 0 Å². The zero-order valence-corrected chi connectivity index (χ0v) is 11.9. The highest BCUT2D eigenvalue weighted by Gasteiger charge is 2.16. The van der Waals surface area contributed by atoms with Gasteiger partial charge < -0.3 is 10.3 Å². The topological polar surface area (TPSA) is 57.8 Å². The quantitative estimate of drug-likeness (QED) is 0.878. The van der Waals surface area contributed by atoms with Crippen LogP contribution in [-0.2, 0) is 6.54 Å². The molecule has 1 aliphatic rings. The molecule has 0 radical (unpaired) electrons. The molecule has 1 aromatic heterocycles. The highest BCUT2D eigenvalue weighted by atomic mass is 16.1. The van der Waals surface area contributed by atoms with Crippen molar-refractivity contribution in [2.45, 2.75) is 64.3 Å². The summed E-state index contributed by atoms with van der Waals surface area (Å²) in [5.74, 6) is 1.34. The van der Waals surface area contributed by atoms with Crippen LogP contribution < -0.4 is 10.9 Å². The minimum Gasteiger partial charge on any atom is -0.311 e. The van der Waals surface area contributed by atoms with Gasteiger partial charge in [0.15, 0.2) is 0 Å². The van der Waals surface area contributed by atoms with Crippen molar-refractivity contribution in [3.05, 3.63) is 27.9 Å². The molecular formula is C15H25N3O. The summed E-state index contributed by atoms with van der Waals surface area (Å²) in [6.07, 6.45) is 8.82. The predicted octanol–water partition coefficient (Wildman–Crippen LogP) is 2.71. The van der Waals surface area contributed by atoms with Gasteiger partial charge in [0.05, 0.1) is 5.69 Å². The van der Waals surface area contributed by atoms with Crippen LogP contribution in [0.25, 0.3) is 0 Å². The van der Waals surface area contributed by atoms with Gasteiger partial charge in [0.2, 0.25) is 0 Å². The highest BCUT2D eigenvalue weighted by molar-refractivity contribution is 5.06. The molecule has 0 aromatic carbocycles. The average molecular weight is 263 g/mol. The van der Waals surface area contributed by atoms with Crippen LogP contribution >= 0.6 is 0 Å². The van der Waals surface area contributed by atoms with E-state index in [0.29, 0.717) is 12.5 Å². The van der Waals surface area contributed by atoms with Gasteiger partial charge in [-0.1, -0.05) is 39.0 Å². The molecule has 106 valence electrons. The zero-order valence-electron chi connectivity index (χ0n) is 11.9. The Bertz CT molecular complexity index is 433. The molecule has 0 aliphatic heterocycles. The van der Waals surface area contributed by atoms with Gasteiger partial charge in [-0.15, -0.1) is 0 Å². The van der Waals surface area contributed by atoms with Gasteiger partial charge in [-0.2, -0.15) is 0 Å². The Morgan fingerprint density at radius 1 is 1.26 bits per heavy atom. The molecule has 0 atom stereocenters. The van der Waals surface area contributed by atoms with Crippen molar-refractivity contribution < 1.29 is 0 Å². The zero-order chi connectivity index (χ0) is 13.5. The Hall–Kier alpha value is -1.16. The van der Waals surface area contributed by atoms with Crippen LogP contribution in [0.2, 0.25) is 0 Å². The molecule has 1 saturated carbocycles. The van der Waals surface area contributed by atoms with Crippen molar-refractivity contribution in [2.75, 3.05) is 6.54 Å². The van der Waals surface area contributed by atoms with Crippen LogP contribution in [0, 0.1) is 0 Å². The molecule has 1 aliphatic carbocycles. The predicted molar refractivity (Wildman–Crippen MR) is 77.3 cm³/mol. The Morgan fingerprint density at radius 3 is 2.63 bits per heavy atom. The number of hydrogen-bond acceptors (Lipinski definition) is 3. The maximum absolute atomic E-state index is 11.7. The first-order valence-corrected chi connectivity index (χ1v) is 7.60. The second-order valence-electron chi connectivity index (χ2n) is 5.44. The summed E-state index contributed by atoms with van der Waals surface area (Å²) < 4.78 is 0. The maximum Gasteiger partial charge on any atom is 0.251 e. The van der Waals surface area contributed by atoms with Crippen molar-refractivity contribution in [3.8, 4) is 0 Å². The minimum absolute atomic E-state index is 0.0139. The monoisotopic (exact) mass is 263 g/mol. The molecule has 19 heavy (non-hydrogen) atoms. The average Bonchev–Trinajstić information content (AvgIpc) is 2.35. The van der Waals surface area contributed by atoms with Crippen molar-refractivity contribution in [2.24, 2.45) is 0 Å². The van der Waals surface area contributed by atoms with Gasteiger partial charge in [-0.3, -0.25) is 4.79 Å². The van der Waals surface area contributed by atoms with E-state index in [0.717, 1.165) is 30.9 Å². The van der Waals surface area contributed by atoms with Crippen molar-refractivity contribution in [3.63, 3.8) is 0 Å². The summed E-state index contributed by atoms with van der Waals surface area (Å²) in [5.41, 5.74) is 0.850. The SMILES string of the molecule is CCNCc1cc(=O)[nH]c(C2CCCCCCC2)n1. The summed E-state index contributed by atoms with van der Waals surface area (Å²) in [6.45, 7) is 3.64. The molecule has 1 fully saturated rings. The fraction of sp³-hybridized carbons (Fsp3) is 0.733. The van der Waals surface area contributed by atoms with E-state index in [2.05, 4.69) is 22.2 Å². The summed E-state index contributed by atoms with van der Waals surface area (Å²) >= 11 is 0. The van der Waals surface area contributed by atoms with Gasteiger partial charge in [0, 0.05) is 18.5 Å². The fourth-order valence-electron chi connectivity index (χ4n) is 2.80. The lowest BCUT2D eigenvalue weighted by Crippen LogP contribution is -2.20. The van der Waals surface area contributed by atoms with Crippen molar-refractivity contribution >= 4 is 0 Å². The first-order valence-electron chi connectivity index (χ1n) is 7.60. The van der Waals surface area contributed by atoms with E-state index in [1.807, 2.05) is 0 Å². The maximum atomic E-state index is 11.7. The lowest BCUT2D eigenvalue weighted by molar-refractivity contribution is 0.440. The van der Waals surface area contributed by atoms with Gasteiger partial charge in [-0.05, 0) is 19.4 Å². The van der Waals surface area contributed by atoms with E-state index in [1.54, 1.807) is 6.07 Å². The third-order valence-corrected chi connectivity index (χ3v) is 3.86. The molecule has 0 saturated heterocycles. The molecule has 1 aromatic rings. The highest BCUT2D eigenvalue weighted by Crippen LogP contribution is 2.28. The van der Waals surface area contributed by atoms with E-state index in [-0.39, 0.29) is 5.56 Å². The van der Waals surface area contributed by atoms with E-state index < -0.39 is 0 Å².